The van der Waals surface area contributed by atoms with E-state index in [0.29, 0.717) is 12.0 Å². The summed E-state index contributed by atoms with van der Waals surface area (Å²) in [6.07, 6.45) is 1.46. The first kappa shape index (κ1) is 9.46. The van der Waals surface area contributed by atoms with Crippen molar-refractivity contribution in [3.05, 3.63) is 12.7 Å². The topological polar surface area (TPSA) is 55.6 Å². The maximum atomic E-state index is 9.47. The predicted octanol–water partition coefficient (Wildman–Crippen LogP) is 0.282. The fourth-order valence-corrected chi connectivity index (χ4v) is 0.335. The van der Waals surface area contributed by atoms with Crippen LogP contribution >= 0.6 is 11.6 Å². The Morgan fingerprint density at radius 3 is 2.40 bits per heavy atom. The van der Waals surface area contributed by atoms with E-state index in [1.54, 1.807) is 0 Å². The summed E-state index contributed by atoms with van der Waals surface area (Å²) in [4.78, 5) is 9.47. The second-order valence-corrected chi connectivity index (χ2v) is 2.02. The maximum absolute atomic E-state index is 9.47. The molecular weight excluding hydrogens is 154 g/mol. The molecule has 58 valence electrons. The van der Waals surface area contributed by atoms with Gasteiger partial charge in [0, 0.05) is 0 Å². The number of hydrogen-bond donors (Lipinski definition) is 1. The summed E-state index contributed by atoms with van der Waals surface area (Å²) >= 11 is 5.27. The Hall–Kier alpha value is -0.540. The number of primary amides is 1. The molecule has 4 heteroatoms. The van der Waals surface area contributed by atoms with Crippen LogP contribution in [0.4, 0.5) is 0 Å². The fourth-order valence-electron chi connectivity index (χ4n) is 0.157. The highest BCUT2D eigenvalue weighted by Gasteiger charge is 2.19. The van der Waals surface area contributed by atoms with Gasteiger partial charge in [0.25, 0.3) is 0 Å². The molecule has 1 aliphatic heterocycles. The molecule has 1 fully saturated rings. The van der Waals surface area contributed by atoms with Crippen molar-refractivity contribution in [1.82, 2.24) is 0 Å². The standard InChI is InChI=1S/C3H5ClO.C3H5NO/c4-1-3-2-5-3;1-2-3(4)5/h3H,1-2H2;2H,1H2,(H2,4,5). The Bertz CT molecular complexity index is 123. The summed E-state index contributed by atoms with van der Waals surface area (Å²) in [7, 11) is 0. The first-order valence-electron chi connectivity index (χ1n) is 2.80. The van der Waals surface area contributed by atoms with Gasteiger partial charge in [0.2, 0.25) is 5.91 Å². The van der Waals surface area contributed by atoms with E-state index in [0.717, 1.165) is 12.7 Å². The normalized spacial score (nSPS) is 20.3. The molecule has 0 spiro atoms. The van der Waals surface area contributed by atoms with Crippen LogP contribution in [0.15, 0.2) is 12.7 Å². The minimum Gasteiger partial charge on any atom is -0.372 e. The lowest BCUT2D eigenvalue weighted by atomic mass is 10.6. The Morgan fingerprint density at radius 1 is 2.00 bits per heavy atom. The number of epoxide rings is 1. The van der Waals surface area contributed by atoms with E-state index in [2.05, 4.69) is 12.3 Å². The van der Waals surface area contributed by atoms with E-state index in [9.17, 15) is 4.79 Å². The number of nitrogens with two attached hydrogens (primary N) is 1. The molecule has 1 rings (SSSR count). The summed E-state index contributed by atoms with van der Waals surface area (Å²) < 4.78 is 4.73. The van der Waals surface area contributed by atoms with E-state index < -0.39 is 5.91 Å². The van der Waals surface area contributed by atoms with Crippen molar-refractivity contribution in [1.29, 1.82) is 0 Å². The second kappa shape index (κ2) is 5.26. The lowest BCUT2D eigenvalue weighted by Gasteiger charge is -1.67. The lowest BCUT2D eigenvalue weighted by Crippen LogP contribution is -2.04. The SMILES string of the molecule is C=CC(N)=O.ClCC1CO1. The monoisotopic (exact) mass is 163 g/mol. The summed E-state index contributed by atoms with van der Waals surface area (Å²) in [5.74, 6) is 0.185. The van der Waals surface area contributed by atoms with Crippen molar-refractivity contribution >= 4 is 17.5 Å². The zero-order valence-corrected chi connectivity index (χ0v) is 6.30. The number of carbonyl (C=O) groups is 1. The Labute approximate surface area is 64.8 Å². The molecule has 2 N–H and O–H groups in total. The average Bonchev–Trinajstić information content (AvgIpc) is 2.70. The Balaban J connectivity index is 0.000000162. The Kier molecular flexibility index (Phi) is 4.98. The number of ether oxygens (including phenoxy) is 1. The highest BCUT2D eigenvalue weighted by molar-refractivity contribution is 6.18. The third-order valence-electron chi connectivity index (χ3n) is 0.776. The van der Waals surface area contributed by atoms with Crippen molar-refractivity contribution in [3.63, 3.8) is 0 Å². The fraction of sp³-hybridized carbons (Fsp3) is 0.500. The van der Waals surface area contributed by atoms with Gasteiger partial charge in [-0.2, -0.15) is 0 Å². The predicted molar refractivity (Wildman–Crippen MR) is 39.9 cm³/mol. The van der Waals surface area contributed by atoms with E-state index in [1.165, 1.54) is 0 Å². The van der Waals surface area contributed by atoms with Gasteiger partial charge in [0.05, 0.1) is 18.6 Å². The molecule has 10 heavy (non-hydrogen) atoms. The maximum Gasteiger partial charge on any atom is 0.240 e. The summed E-state index contributed by atoms with van der Waals surface area (Å²) in [6.45, 7) is 3.96. The molecule has 1 atom stereocenters. The van der Waals surface area contributed by atoms with Crippen LogP contribution in [0, 0.1) is 0 Å². The number of rotatable bonds is 2. The molecule has 1 saturated heterocycles. The van der Waals surface area contributed by atoms with Gasteiger partial charge in [0.1, 0.15) is 0 Å². The molecule has 3 nitrogen and oxygen atoms in total. The summed E-state index contributed by atoms with van der Waals surface area (Å²) in [6, 6.07) is 0. The molecule has 0 aromatic heterocycles. The molecule has 1 amide bonds. The molecule has 0 radical (unpaired) electrons. The van der Waals surface area contributed by atoms with Crippen molar-refractivity contribution in [3.8, 4) is 0 Å². The third kappa shape index (κ3) is 7.46. The van der Waals surface area contributed by atoms with Crippen LogP contribution in [0.5, 0.6) is 0 Å². The van der Waals surface area contributed by atoms with Crippen molar-refractivity contribution < 1.29 is 9.53 Å². The molecular formula is C6H10ClNO2. The minimum absolute atomic E-state index is 0.400. The molecule has 1 heterocycles. The van der Waals surface area contributed by atoms with Gasteiger partial charge >= 0.3 is 0 Å². The summed E-state index contributed by atoms with van der Waals surface area (Å²) in [5, 5.41) is 0. The quantitative estimate of drug-likeness (QED) is 0.361. The Morgan fingerprint density at radius 2 is 2.40 bits per heavy atom. The van der Waals surface area contributed by atoms with E-state index >= 15 is 0 Å². The molecule has 0 saturated carbocycles. The van der Waals surface area contributed by atoms with E-state index in [4.69, 9.17) is 16.3 Å². The van der Waals surface area contributed by atoms with Gasteiger partial charge in [-0.05, 0) is 6.08 Å². The number of amides is 1. The number of carbonyl (C=O) groups excluding carboxylic acids is 1. The van der Waals surface area contributed by atoms with Gasteiger partial charge in [-0.3, -0.25) is 4.79 Å². The second-order valence-electron chi connectivity index (χ2n) is 1.72. The first-order chi connectivity index (χ1) is 4.70. The van der Waals surface area contributed by atoms with Gasteiger partial charge in [-0.1, -0.05) is 6.58 Å². The number of halogens is 1. The van der Waals surface area contributed by atoms with E-state index in [1.807, 2.05) is 0 Å². The molecule has 0 aromatic rings. The van der Waals surface area contributed by atoms with Crippen molar-refractivity contribution in [2.24, 2.45) is 5.73 Å². The van der Waals surface area contributed by atoms with Crippen LogP contribution in [0.2, 0.25) is 0 Å². The molecule has 1 aliphatic rings. The lowest BCUT2D eigenvalue weighted by molar-refractivity contribution is -0.113. The highest BCUT2D eigenvalue weighted by atomic mass is 35.5. The summed E-state index contributed by atoms with van der Waals surface area (Å²) in [5.41, 5.74) is 4.53. The van der Waals surface area contributed by atoms with Crippen LogP contribution in [0.25, 0.3) is 0 Å². The molecule has 0 bridgehead atoms. The van der Waals surface area contributed by atoms with Crippen LogP contribution < -0.4 is 5.73 Å². The van der Waals surface area contributed by atoms with Crippen LogP contribution in [0.1, 0.15) is 0 Å². The third-order valence-corrected chi connectivity index (χ3v) is 1.12. The number of alkyl halides is 1. The molecule has 0 aliphatic carbocycles. The smallest absolute Gasteiger partial charge is 0.240 e. The van der Waals surface area contributed by atoms with Crippen molar-refractivity contribution in [2.75, 3.05) is 12.5 Å². The van der Waals surface area contributed by atoms with E-state index in [-0.39, 0.29) is 0 Å². The van der Waals surface area contributed by atoms with Gasteiger partial charge in [0.15, 0.2) is 0 Å². The van der Waals surface area contributed by atoms with Gasteiger partial charge in [-0.15, -0.1) is 11.6 Å². The zero-order chi connectivity index (χ0) is 7.98. The zero-order valence-electron chi connectivity index (χ0n) is 5.55. The minimum atomic E-state index is -0.481. The van der Waals surface area contributed by atoms with Gasteiger partial charge < -0.3 is 10.5 Å². The van der Waals surface area contributed by atoms with Crippen LogP contribution in [-0.2, 0) is 9.53 Å². The molecule has 0 aromatic carbocycles. The van der Waals surface area contributed by atoms with Crippen molar-refractivity contribution in [2.45, 2.75) is 6.10 Å². The highest BCUT2D eigenvalue weighted by Crippen LogP contribution is 2.08. The van der Waals surface area contributed by atoms with Crippen LogP contribution in [-0.4, -0.2) is 24.5 Å². The van der Waals surface area contributed by atoms with Crippen LogP contribution in [0.3, 0.4) is 0 Å². The molecule has 1 unspecified atom stereocenters. The van der Waals surface area contributed by atoms with Gasteiger partial charge in [-0.25, -0.2) is 0 Å². The number of hydrogen-bond acceptors (Lipinski definition) is 2. The first-order valence-corrected chi connectivity index (χ1v) is 3.33. The largest absolute Gasteiger partial charge is 0.372 e. The average molecular weight is 164 g/mol.